The minimum atomic E-state index is 0.114. The summed E-state index contributed by atoms with van der Waals surface area (Å²) in [6, 6.07) is 10.6. The molecular weight excluding hydrogens is 362 g/mol. The van der Waals surface area contributed by atoms with Crippen molar-refractivity contribution in [2.45, 2.75) is 50.5 Å². The Bertz CT molecular complexity index is 738. The Labute approximate surface area is 173 Å². The van der Waals surface area contributed by atoms with Crippen LogP contribution in [0.1, 0.15) is 50.0 Å². The average molecular weight is 396 g/mol. The zero-order valence-corrected chi connectivity index (χ0v) is 17.3. The van der Waals surface area contributed by atoms with Crippen LogP contribution in [0.25, 0.3) is 0 Å². The molecule has 4 fully saturated rings. The van der Waals surface area contributed by atoms with Gasteiger partial charge in [-0.15, -0.1) is 0 Å². The number of hydrogen-bond donors (Lipinski definition) is 1. The van der Waals surface area contributed by atoms with E-state index in [1.807, 2.05) is 6.07 Å². The Balaban J connectivity index is 1.25. The smallest absolute Gasteiger partial charge is 0.236 e. The minimum Gasteiger partial charge on any atom is -0.352 e. The molecule has 0 aromatic heterocycles. The molecule has 2 aliphatic heterocycles. The van der Waals surface area contributed by atoms with Crippen LogP contribution in [-0.4, -0.2) is 60.4 Å². The molecule has 1 N–H and O–H groups in total. The lowest BCUT2D eigenvalue weighted by Crippen LogP contribution is -2.44. The molecule has 5 nitrogen and oxygen atoms in total. The topological polar surface area (TPSA) is 52.7 Å². The maximum atomic E-state index is 13.0. The predicted molar refractivity (Wildman–Crippen MR) is 112 cm³/mol. The molecule has 5 rings (SSSR count). The van der Waals surface area contributed by atoms with Crippen molar-refractivity contribution in [3.63, 3.8) is 0 Å². The van der Waals surface area contributed by atoms with Gasteiger partial charge in [0.2, 0.25) is 11.8 Å². The van der Waals surface area contributed by atoms with E-state index in [2.05, 4.69) is 39.4 Å². The summed E-state index contributed by atoms with van der Waals surface area (Å²) in [5.74, 6) is 2.69. The van der Waals surface area contributed by atoms with Gasteiger partial charge in [-0.25, -0.2) is 0 Å². The third kappa shape index (κ3) is 4.20. The molecule has 5 heteroatoms. The molecule has 0 spiro atoms. The summed E-state index contributed by atoms with van der Waals surface area (Å²) in [4.78, 5) is 30.0. The normalized spacial score (nSPS) is 32.2. The Hall–Kier alpha value is -1.88. The van der Waals surface area contributed by atoms with E-state index in [1.165, 1.54) is 18.4 Å². The first kappa shape index (κ1) is 19.1. The molecule has 1 aromatic rings. The second kappa shape index (κ2) is 8.10. The molecule has 2 amide bonds. The first-order valence-corrected chi connectivity index (χ1v) is 11.5. The van der Waals surface area contributed by atoms with Crippen LogP contribution in [0.15, 0.2) is 30.3 Å². The number of carbonyl (C=O) groups is 2. The van der Waals surface area contributed by atoms with Gasteiger partial charge >= 0.3 is 0 Å². The summed E-state index contributed by atoms with van der Waals surface area (Å²) in [5, 5.41) is 3.37. The van der Waals surface area contributed by atoms with Crippen molar-refractivity contribution >= 4 is 11.8 Å². The second-order valence-electron chi connectivity index (χ2n) is 9.67. The molecule has 2 unspecified atom stereocenters. The zero-order chi connectivity index (χ0) is 19.8. The van der Waals surface area contributed by atoms with Crippen molar-refractivity contribution in [2.24, 2.45) is 17.8 Å². The molecule has 29 heavy (non-hydrogen) atoms. The molecule has 0 radical (unpaired) electrons. The van der Waals surface area contributed by atoms with E-state index in [0.29, 0.717) is 6.54 Å². The lowest BCUT2D eigenvalue weighted by Gasteiger charge is -2.31. The molecule has 1 aromatic carbocycles. The van der Waals surface area contributed by atoms with Crippen LogP contribution in [0.4, 0.5) is 0 Å². The number of benzene rings is 1. The van der Waals surface area contributed by atoms with Crippen molar-refractivity contribution in [2.75, 3.05) is 32.7 Å². The highest BCUT2D eigenvalue weighted by atomic mass is 16.2. The maximum absolute atomic E-state index is 13.0. The summed E-state index contributed by atoms with van der Waals surface area (Å²) in [7, 11) is 0. The molecule has 4 aliphatic rings. The SMILES string of the molecule is O=C(N[C@@H]1CCN(C(=O)CN2CC3CC3C2)CC[C@H]1c1ccccc1)C1CCC1. The first-order valence-electron chi connectivity index (χ1n) is 11.5. The number of hydrogen-bond acceptors (Lipinski definition) is 3. The maximum Gasteiger partial charge on any atom is 0.236 e. The van der Waals surface area contributed by atoms with Crippen molar-refractivity contribution in [3.8, 4) is 0 Å². The van der Waals surface area contributed by atoms with Gasteiger partial charge in [0.15, 0.2) is 0 Å². The largest absolute Gasteiger partial charge is 0.352 e. The lowest BCUT2D eigenvalue weighted by atomic mass is 9.83. The fraction of sp³-hybridized carbons (Fsp3) is 0.667. The standard InChI is InChI=1S/C24H33N3O2/c28-23(16-26-14-19-13-20(19)15-26)27-11-9-21(17-5-2-1-3-6-17)22(10-12-27)25-24(29)18-7-4-8-18/h1-3,5-6,18-22H,4,7-16H2,(H,25,29)/t19?,20?,21-,22+/m0/s1. The average Bonchev–Trinajstić information content (AvgIpc) is 3.34. The van der Waals surface area contributed by atoms with Crippen LogP contribution >= 0.6 is 0 Å². The molecule has 4 atom stereocenters. The van der Waals surface area contributed by atoms with Gasteiger partial charge in [0.1, 0.15) is 0 Å². The van der Waals surface area contributed by atoms with E-state index in [4.69, 9.17) is 0 Å². The van der Waals surface area contributed by atoms with Crippen LogP contribution in [0.3, 0.4) is 0 Å². The third-order valence-corrected chi connectivity index (χ3v) is 7.70. The molecule has 2 heterocycles. The van der Waals surface area contributed by atoms with E-state index < -0.39 is 0 Å². The lowest BCUT2D eigenvalue weighted by molar-refractivity contribution is -0.132. The Morgan fingerprint density at radius 3 is 2.38 bits per heavy atom. The highest BCUT2D eigenvalue weighted by Gasteiger charge is 2.45. The number of likely N-dealkylation sites (tertiary alicyclic amines) is 2. The number of rotatable bonds is 5. The van der Waals surface area contributed by atoms with E-state index in [0.717, 1.165) is 63.7 Å². The van der Waals surface area contributed by atoms with Crippen LogP contribution < -0.4 is 5.32 Å². The van der Waals surface area contributed by atoms with Crippen LogP contribution in [0, 0.1) is 17.8 Å². The molecule has 156 valence electrons. The van der Waals surface area contributed by atoms with Gasteiger partial charge in [0.25, 0.3) is 0 Å². The summed E-state index contributed by atoms with van der Waals surface area (Å²) in [6.07, 6.45) is 6.35. The monoisotopic (exact) mass is 395 g/mol. The van der Waals surface area contributed by atoms with E-state index in [-0.39, 0.29) is 29.7 Å². The number of nitrogens with zero attached hydrogens (tertiary/aromatic N) is 2. The van der Waals surface area contributed by atoms with E-state index in [9.17, 15) is 9.59 Å². The number of amides is 2. The quantitative estimate of drug-likeness (QED) is 0.834. The summed E-state index contributed by atoms with van der Waals surface area (Å²) >= 11 is 0. The molecule has 2 saturated carbocycles. The van der Waals surface area contributed by atoms with Crippen molar-refractivity contribution in [1.82, 2.24) is 15.1 Å². The summed E-state index contributed by atoms with van der Waals surface area (Å²) < 4.78 is 0. The summed E-state index contributed by atoms with van der Waals surface area (Å²) in [5.41, 5.74) is 1.28. The fourth-order valence-electron chi connectivity index (χ4n) is 5.51. The number of carbonyl (C=O) groups excluding carboxylic acids is 2. The van der Waals surface area contributed by atoms with Crippen LogP contribution in [-0.2, 0) is 9.59 Å². The molecular formula is C24H33N3O2. The number of piperidine rings is 1. The van der Waals surface area contributed by atoms with Gasteiger partial charge in [0.05, 0.1) is 6.54 Å². The van der Waals surface area contributed by atoms with Gasteiger partial charge in [0, 0.05) is 44.1 Å². The van der Waals surface area contributed by atoms with Gasteiger partial charge in [-0.05, 0) is 49.5 Å². The van der Waals surface area contributed by atoms with Crippen molar-refractivity contribution in [3.05, 3.63) is 35.9 Å². The Kier molecular flexibility index (Phi) is 5.33. The van der Waals surface area contributed by atoms with E-state index in [1.54, 1.807) is 0 Å². The first-order chi connectivity index (χ1) is 14.2. The fourth-order valence-corrected chi connectivity index (χ4v) is 5.51. The van der Waals surface area contributed by atoms with Crippen LogP contribution in [0.2, 0.25) is 0 Å². The Morgan fingerprint density at radius 2 is 1.69 bits per heavy atom. The summed E-state index contributed by atoms with van der Waals surface area (Å²) in [6.45, 7) is 4.32. The predicted octanol–water partition coefficient (Wildman–Crippen LogP) is 2.63. The molecule has 2 saturated heterocycles. The van der Waals surface area contributed by atoms with Gasteiger partial charge in [-0.3, -0.25) is 14.5 Å². The third-order valence-electron chi connectivity index (χ3n) is 7.70. The van der Waals surface area contributed by atoms with Gasteiger partial charge in [-0.2, -0.15) is 0 Å². The van der Waals surface area contributed by atoms with Crippen LogP contribution in [0.5, 0.6) is 0 Å². The van der Waals surface area contributed by atoms with E-state index >= 15 is 0 Å². The highest BCUT2D eigenvalue weighted by molar-refractivity contribution is 5.80. The van der Waals surface area contributed by atoms with Gasteiger partial charge < -0.3 is 10.2 Å². The highest BCUT2D eigenvalue weighted by Crippen LogP contribution is 2.44. The molecule has 0 bridgehead atoms. The van der Waals surface area contributed by atoms with Crippen molar-refractivity contribution < 1.29 is 9.59 Å². The molecule has 2 aliphatic carbocycles. The number of fused-ring (bicyclic) bond motifs is 1. The zero-order valence-electron chi connectivity index (χ0n) is 17.3. The van der Waals surface area contributed by atoms with Gasteiger partial charge in [-0.1, -0.05) is 36.8 Å². The number of nitrogens with one attached hydrogen (secondary N) is 1. The van der Waals surface area contributed by atoms with Crippen molar-refractivity contribution in [1.29, 1.82) is 0 Å². The minimum absolute atomic E-state index is 0.114. The second-order valence-corrected chi connectivity index (χ2v) is 9.67. The Morgan fingerprint density at radius 1 is 0.966 bits per heavy atom.